The topological polar surface area (TPSA) is 59.0 Å². The zero-order chi connectivity index (χ0) is 16.9. The maximum atomic E-state index is 9.00. The van der Waals surface area contributed by atoms with E-state index in [1.54, 1.807) is 0 Å². The lowest BCUT2D eigenvalue weighted by atomic mass is 9.73. The van der Waals surface area contributed by atoms with Crippen LogP contribution in [0.1, 0.15) is 38.2 Å². The SMILES string of the molecule is CC(=O)O.CN(C)C1(c2ccccc2)CCC2(CC1)OCCO2. The first-order valence-corrected chi connectivity index (χ1v) is 8.11. The molecular formula is C18H27NO4. The molecule has 0 amide bonds. The van der Waals surface area contributed by atoms with E-state index in [1.165, 1.54) is 5.56 Å². The molecule has 2 fully saturated rings. The molecule has 5 heteroatoms. The fraction of sp³-hybridized carbons (Fsp3) is 0.611. The number of carboxylic acid groups (broad SMARTS) is 1. The van der Waals surface area contributed by atoms with E-state index >= 15 is 0 Å². The third kappa shape index (κ3) is 4.10. The zero-order valence-electron chi connectivity index (χ0n) is 14.2. The number of benzene rings is 1. The van der Waals surface area contributed by atoms with E-state index in [-0.39, 0.29) is 11.3 Å². The lowest BCUT2D eigenvalue weighted by Crippen LogP contribution is -2.49. The van der Waals surface area contributed by atoms with E-state index in [0.717, 1.165) is 45.8 Å². The largest absolute Gasteiger partial charge is 0.481 e. The van der Waals surface area contributed by atoms with E-state index in [2.05, 4.69) is 49.3 Å². The minimum Gasteiger partial charge on any atom is -0.481 e. The fourth-order valence-corrected chi connectivity index (χ4v) is 3.57. The molecule has 1 N–H and O–H groups in total. The summed E-state index contributed by atoms with van der Waals surface area (Å²) in [6, 6.07) is 10.8. The van der Waals surface area contributed by atoms with Crippen molar-refractivity contribution in [2.24, 2.45) is 0 Å². The molecule has 1 saturated heterocycles. The highest BCUT2D eigenvalue weighted by molar-refractivity contribution is 5.62. The van der Waals surface area contributed by atoms with Gasteiger partial charge in [-0.3, -0.25) is 9.69 Å². The minimum absolute atomic E-state index is 0.127. The van der Waals surface area contributed by atoms with Crippen molar-refractivity contribution in [1.29, 1.82) is 0 Å². The van der Waals surface area contributed by atoms with Gasteiger partial charge in [-0.1, -0.05) is 30.3 Å². The van der Waals surface area contributed by atoms with E-state index in [9.17, 15) is 0 Å². The van der Waals surface area contributed by atoms with Crippen LogP contribution in [-0.4, -0.2) is 49.1 Å². The Labute approximate surface area is 138 Å². The lowest BCUT2D eigenvalue weighted by molar-refractivity contribution is -0.193. The molecular weight excluding hydrogens is 294 g/mol. The van der Waals surface area contributed by atoms with Gasteiger partial charge in [-0.2, -0.15) is 0 Å². The number of nitrogens with zero attached hydrogens (tertiary/aromatic N) is 1. The van der Waals surface area contributed by atoms with Crippen LogP contribution in [0, 0.1) is 0 Å². The van der Waals surface area contributed by atoms with Gasteiger partial charge in [0, 0.05) is 25.3 Å². The van der Waals surface area contributed by atoms with Crippen LogP contribution in [-0.2, 0) is 19.8 Å². The predicted molar refractivity (Wildman–Crippen MR) is 88.2 cm³/mol. The summed E-state index contributed by atoms with van der Waals surface area (Å²) in [7, 11) is 4.36. The Morgan fingerprint density at radius 2 is 1.52 bits per heavy atom. The third-order valence-electron chi connectivity index (χ3n) is 4.82. The average Bonchev–Trinajstić information content (AvgIpc) is 2.97. The Hall–Kier alpha value is -1.43. The summed E-state index contributed by atoms with van der Waals surface area (Å²) in [4.78, 5) is 11.4. The van der Waals surface area contributed by atoms with E-state index in [1.807, 2.05) is 0 Å². The Balaban J connectivity index is 0.000000433. The van der Waals surface area contributed by atoms with Gasteiger partial charge >= 0.3 is 0 Å². The van der Waals surface area contributed by atoms with E-state index in [0.29, 0.717) is 0 Å². The van der Waals surface area contributed by atoms with Gasteiger partial charge < -0.3 is 14.6 Å². The molecule has 1 aromatic carbocycles. The molecule has 1 spiro atoms. The molecule has 0 aromatic heterocycles. The van der Waals surface area contributed by atoms with Gasteiger partial charge in [-0.15, -0.1) is 0 Å². The van der Waals surface area contributed by atoms with Gasteiger partial charge in [0.2, 0.25) is 0 Å². The highest BCUT2D eigenvalue weighted by Crippen LogP contribution is 2.47. The predicted octanol–water partition coefficient (Wildman–Crippen LogP) is 2.85. The molecule has 1 aromatic rings. The van der Waals surface area contributed by atoms with Crippen molar-refractivity contribution in [2.45, 2.75) is 43.9 Å². The molecule has 0 radical (unpaired) electrons. The van der Waals surface area contributed by atoms with Crippen molar-refractivity contribution in [3.05, 3.63) is 35.9 Å². The molecule has 1 aliphatic heterocycles. The van der Waals surface area contributed by atoms with Crippen LogP contribution in [0.5, 0.6) is 0 Å². The van der Waals surface area contributed by atoms with Gasteiger partial charge in [0.15, 0.2) is 5.79 Å². The molecule has 23 heavy (non-hydrogen) atoms. The standard InChI is InChI=1S/C16H23NO2.C2H4O2/c1-17(2)15(14-6-4-3-5-7-14)8-10-16(11-9-15)18-12-13-19-16;1-2(3)4/h3-7H,8-13H2,1-2H3;1H3,(H,3,4). The zero-order valence-corrected chi connectivity index (χ0v) is 14.2. The smallest absolute Gasteiger partial charge is 0.300 e. The maximum absolute atomic E-state index is 9.00. The molecule has 1 saturated carbocycles. The van der Waals surface area contributed by atoms with Crippen molar-refractivity contribution in [3.8, 4) is 0 Å². The number of carbonyl (C=O) groups is 1. The third-order valence-corrected chi connectivity index (χ3v) is 4.82. The fourth-order valence-electron chi connectivity index (χ4n) is 3.57. The number of carboxylic acids is 1. The number of hydrogen-bond acceptors (Lipinski definition) is 4. The monoisotopic (exact) mass is 321 g/mol. The van der Waals surface area contributed by atoms with Crippen LogP contribution in [0.3, 0.4) is 0 Å². The summed E-state index contributed by atoms with van der Waals surface area (Å²) >= 11 is 0. The Morgan fingerprint density at radius 3 is 1.96 bits per heavy atom. The second-order valence-electron chi connectivity index (χ2n) is 6.42. The Kier molecular flexibility index (Phi) is 5.79. The Morgan fingerprint density at radius 1 is 1.04 bits per heavy atom. The summed E-state index contributed by atoms with van der Waals surface area (Å²) in [5, 5.41) is 7.42. The molecule has 128 valence electrons. The lowest BCUT2D eigenvalue weighted by Gasteiger charge is -2.48. The quantitative estimate of drug-likeness (QED) is 0.907. The van der Waals surface area contributed by atoms with Gasteiger partial charge in [-0.05, 0) is 32.5 Å². The van der Waals surface area contributed by atoms with E-state index < -0.39 is 5.97 Å². The van der Waals surface area contributed by atoms with Crippen LogP contribution in [0.25, 0.3) is 0 Å². The van der Waals surface area contributed by atoms with Crippen LogP contribution < -0.4 is 0 Å². The highest BCUT2D eigenvalue weighted by Gasteiger charge is 2.47. The average molecular weight is 321 g/mol. The van der Waals surface area contributed by atoms with Crippen LogP contribution in [0.15, 0.2) is 30.3 Å². The molecule has 0 atom stereocenters. The molecule has 3 rings (SSSR count). The minimum atomic E-state index is -0.833. The molecule has 2 aliphatic rings. The summed E-state index contributed by atoms with van der Waals surface area (Å²) in [5.74, 6) is -1.12. The summed E-state index contributed by atoms with van der Waals surface area (Å²) in [5.41, 5.74) is 1.54. The first-order valence-electron chi connectivity index (χ1n) is 8.11. The van der Waals surface area contributed by atoms with Crippen molar-refractivity contribution in [2.75, 3.05) is 27.3 Å². The highest BCUT2D eigenvalue weighted by atomic mass is 16.7. The van der Waals surface area contributed by atoms with Crippen molar-refractivity contribution in [3.63, 3.8) is 0 Å². The second kappa shape index (κ2) is 7.43. The van der Waals surface area contributed by atoms with Crippen molar-refractivity contribution < 1.29 is 19.4 Å². The van der Waals surface area contributed by atoms with Gasteiger partial charge in [0.25, 0.3) is 5.97 Å². The van der Waals surface area contributed by atoms with E-state index in [4.69, 9.17) is 19.4 Å². The molecule has 1 heterocycles. The summed E-state index contributed by atoms with van der Waals surface area (Å²) < 4.78 is 11.7. The van der Waals surface area contributed by atoms with Gasteiger partial charge in [0.05, 0.1) is 13.2 Å². The molecule has 0 bridgehead atoms. The van der Waals surface area contributed by atoms with Crippen LogP contribution >= 0.6 is 0 Å². The normalized spacial score (nSPS) is 21.7. The molecule has 1 aliphatic carbocycles. The van der Waals surface area contributed by atoms with Crippen molar-refractivity contribution in [1.82, 2.24) is 4.90 Å². The Bertz CT molecular complexity index is 495. The first-order chi connectivity index (χ1) is 10.9. The first kappa shape index (κ1) is 17.9. The van der Waals surface area contributed by atoms with Gasteiger partial charge in [0.1, 0.15) is 0 Å². The van der Waals surface area contributed by atoms with Gasteiger partial charge in [-0.25, -0.2) is 0 Å². The number of aliphatic carboxylic acids is 1. The van der Waals surface area contributed by atoms with Crippen LogP contribution in [0.2, 0.25) is 0 Å². The number of ether oxygens (including phenoxy) is 2. The molecule has 0 unspecified atom stereocenters. The molecule has 5 nitrogen and oxygen atoms in total. The number of rotatable bonds is 2. The number of hydrogen-bond donors (Lipinski definition) is 1. The van der Waals surface area contributed by atoms with Crippen LogP contribution in [0.4, 0.5) is 0 Å². The summed E-state index contributed by atoms with van der Waals surface area (Å²) in [6.45, 7) is 2.58. The summed E-state index contributed by atoms with van der Waals surface area (Å²) in [6.07, 6.45) is 4.15. The van der Waals surface area contributed by atoms with Crippen molar-refractivity contribution >= 4 is 5.97 Å². The maximum Gasteiger partial charge on any atom is 0.300 e. The second-order valence-corrected chi connectivity index (χ2v) is 6.42.